The van der Waals surface area contributed by atoms with E-state index >= 15 is 0 Å². The first kappa shape index (κ1) is 28.7. The molecular weight excluding hydrogens is 452 g/mol. The van der Waals surface area contributed by atoms with Gasteiger partial charge in [-0.15, -0.1) is 0 Å². The van der Waals surface area contributed by atoms with Crippen molar-refractivity contribution < 1.29 is 13.6 Å². The van der Waals surface area contributed by atoms with Crippen molar-refractivity contribution in [2.24, 2.45) is 11.8 Å². The van der Waals surface area contributed by atoms with Gasteiger partial charge in [0.2, 0.25) is 0 Å². The van der Waals surface area contributed by atoms with Gasteiger partial charge in [0, 0.05) is 18.4 Å². The van der Waals surface area contributed by atoms with Gasteiger partial charge < -0.3 is 13.6 Å². The summed E-state index contributed by atoms with van der Waals surface area (Å²) in [4.78, 5) is 11.9. The van der Waals surface area contributed by atoms with Crippen molar-refractivity contribution in [3.05, 3.63) is 60.7 Å². The van der Waals surface area contributed by atoms with Crippen molar-refractivity contribution in [1.82, 2.24) is 0 Å². The minimum Gasteiger partial charge on any atom is -0.413 e. The molecule has 0 amide bonds. The first-order valence-corrected chi connectivity index (χ1v) is 17.4. The van der Waals surface area contributed by atoms with Gasteiger partial charge in [0.05, 0.1) is 6.10 Å². The second-order valence-corrected chi connectivity index (χ2v) is 21.4. The van der Waals surface area contributed by atoms with Gasteiger partial charge >= 0.3 is 0 Å². The van der Waals surface area contributed by atoms with E-state index in [0.29, 0.717) is 6.61 Å². The third-order valence-corrected chi connectivity index (χ3v) is 17.0. The quantitative estimate of drug-likeness (QED) is 0.280. The Balaban J connectivity index is 2.48. The molecule has 2 aromatic carbocycles. The summed E-state index contributed by atoms with van der Waals surface area (Å²) in [5.41, 5.74) is 0. The van der Waals surface area contributed by atoms with Crippen LogP contribution in [0.25, 0.3) is 0 Å². The summed E-state index contributed by atoms with van der Waals surface area (Å²) >= 11 is 0. The molecule has 5 heteroatoms. The molecular formula is C29H46O3Si2. The van der Waals surface area contributed by atoms with Gasteiger partial charge in [0.1, 0.15) is 6.29 Å². The molecule has 0 spiro atoms. The molecule has 0 bridgehead atoms. The molecule has 0 radical (unpaired) electrons. The highest BCUT2D eigenvalue weighted by Gasteiger charge is 2.51. The Morgan fingerprint density at radius 3 is 1.59 bits per heavy atom. The van der Waals surface area contributed by atoms with Gasteiger partial charge in [-0.2, -0.15) is 0 Å². The van der Waals surface area contributed by atoms with E-state index in [1.165, 1.54) is 10.4 Å². The van der Waals surface area contributed by atoms with Crippen LogP contribution >= 0.6 is 0 Å². The fraction of sp³-hybridized carbons (Fsp3) is 0.552. The highest BCUT2D eigenvalue weighted by atomic mass is 28.4. The molecule has 0 saturated heterocycles. The molecule has 2 rings (SSSR count). The van der Waals surface area contributed by atoms with Crippen LogP contribution in [-0.4, -0.2) is 35.6 Å². The Labute approximate surface area is 210 Å². The van der Waals surface area contributed by atoms with Crippen LogP contribution < -0.4 is 10.4 Å². The molecule has 0 unspecified atom stereocenters. The number of benzene rings is 2. The number of carbonyl (C=O) groups is 1. The van der Waals surface area contributed by atoms with Gasteiger partial charge in [-0.05, 0) is 33.5 Å². The van der Waals surface area contributed by atoms with Crippen molar-refractivity contribution in [2.45, 2.75) is 84.7 Å². The number of carbonyl (C=O) groups excluding carboxylic acids is 1. The van der Waals surface area contributed by atoms with E-state index in [1.807, 2.05) is 6.92 Å². The topological polar surface area (TPSA) is 35.5 Å². The Hall–Kier alpha value is -1.54. The van der Waals surface area contributed by atoms with Crippen LogP contribution in [0.15, 0.2) is 60.7 Å². The van der Waals surface area contributed by atoms with E-state index in [1.54, 1.807) is 0 Å². The number of rotatable bonds is 10. The second kappa shape index (κ2) is 11.0. The molecule has 0 N–H and O–H groups in total. The second-order valence-electron chi connectivity index (χ2n) is 12.3. The first-order valence-electron chi connectivity index (χ1n) is 12.6. The molecule has 0 aliphatic heterocycles. The molecule has 0 aliphatic rings. The molecule has 2 aromatic rings. The predicted octanol–water partition coefficient (Wildman–Crippen LogP) is 6.42. The van der Waals surface area contributed by atoms with Gasteiger partial charge in [-0.25, -0.2) is 0 Å². The zero-order chi connectivity index (χ0) is 25.8. The SMILES string of the molecule is C[C@H](C=O)[C@H](O[Si](C)(C)C(C)(C)C)[C@@H](C)CO[Si](c1ccccc1)(c1ccccc1)C(C)(C)C. The van der Waals surface area contributed by atoms with Crippen molar-refractivity contribution >= 4 is 33.3 Å². The third-order valence-electron chi connectivity index (χ3n) is 7.51. The summed E-state index contributed by atoms with van der Waals surface area (Å²) in [6, 6.07) is 21.4. The van der Waals surface area contributed by atoms with Crippen LogP contribution in [0.4, 0.5) is 0 Å². The lowest BCUT2D eigenvalue weighted by molar-refractivity contribution is -0.114. The molecule has 0 aromatic heterocycles. The zero-order valence-corrected chi connectivity index (χ0v) is 25.0. The van der Waals surface area contributed by atoms with Crippen molar-refractivity contribution in [1.29, 1.82) is 0 Å². The van der Waals surface area contributed by atoms with E-state index in [4.69, 9.17) is 8.85 Å². The van der Waals surface area contributed by atoms with Crippen molar-refractivity contribution in [3.63, 3.8) is 0 Å². The van der Waals surface area contributed by atoms with E-state index < -0.39 is 16.6 Å². The maximum absolute atomic E-state index is 11.9. The number of hydrogen-bond acceptors (Lipinski definition) is 3. The zero-order valence-electron chi connectivity index (χ0n) is 23.0. The van der Waals surface area contributed by atoms with Gasteiger partial charge in [-0.3, -0.25) is 0 Å². The highest BCUT2D eigenvalue weighted by Crippen LogP contribution is 2.40. The monoisotopic (exact) mass is 498 g/mol. The minimum atomic E-state index is -2.63. The lowest BCUT2D eigenvalue weighted by atomic mass is 9.95. The van der Waals surface area contributed by atoms with Gasteiger partial charge in [-0.1, -0.05) is 116 Å². The van der Waals surface area contributed by atoms with Gasteiger partial charge in [0.25, 0.3) is 8.32 Å². The first-order chi connectivity index (χ1) is 15.7. The summed E-state index contributed by atoms with van der Waals surface area (Å²) in [5.74, 6) is -0.108. The van der Waals surface area contributed by atoms with Crippen molar-refractivity contribution in [2.75, 3.05) is 6.61 Å². The molecule has 0 fully saturated rings. The normalized spacial score (nSPS) is 16.1. The maximum Gasteiger partial charge on any atom is 0.261 e. The van der Waals surface area contributed by atoms with Crippen LogP contribution in [0.2, 0.25) is 23.2 Å². The Morgan fingerprint density at radius 2 is 1.24 bits per heavy atom. The van der Waals surface area contributed by atoms with E-state index in [-0.39, 0.29) is 28.0 Å². The highest BCUT2D eigenvalue weighted by molar-refractivity contribution is 6.99. The summed E-state index contributed by atoms with van der Waals surface area (Å²) < 4.78 is 14.0. The standard InChI is InChI=1S/C29H46O3Si2/c1-23(21-30)27(32-33(9,10)28(3,4)5)24(2)22-31-34(29(6,7)8,25-17-13-11-14-18-25)26-19-15-12-16-20-26/h11-21,23-24,27H,22H2,1-10H3/t23-,24+,27+/m1/s1. The molecule has 0 aliphatic carbocycles. The molecule has 3 atom stereocenters. The van der Waals surface area contributed by atoms with Crippen LogP contribution in [0.1, 0.15) is 55.4 Å². The lowest BCUT2D eigenvalue weighted by Gasteiger charge is -2.45. The van der Waals surface area contributed by atoms with Crippen LogP contribution in [0.3, 0.4) is 0 Å². The fourth-order valence-electron chi connectivity index (χ4n) is 4.45. The van der Waals surface area contributed by atoms with Gasteiger partial charge in [0.15, 0.2) is 8.32 Å². The summed E-state index contributed by atoms with van der Waals surface area (Å²) in [7, 11) is -4.68. The molecule has 34 heavy (non-hydrogen) atoms. The van der Waals surface area contributed by atoms with Crippen LogP contribution in [-0.2, 0) is 13.6 Å². The smallest absolute Gasteiger partial charge is 0.261 e. The predicted molar refractivity (Wildman–Crippen MR) is 150 cm³/mol. The number of hydrogen-bond donors (Lipinski definition) is 0. The minimum absolute atomic E-state index is 0.0758. The molecule has 188 valence electrons. The average Bonchev–Trinajstić information content (AvgIpc) is 2.77. The summed E-state index contributed by atoms with van der Waals surface area (Å²) in [6.45, 7) is 22.8. The van der Waals surface area contributed by atoms with Crippen LogP contribution in [0.5, 0.6) is 0 Å². The maximum atomic E-state index is 11.9. The third kappa shape index (κ3) is 6.17. The molecule has 0 heterocycles. The largest absolute Gasteiger partial charge is 0.413 e. The Kier molecular flexibility index (Phi) is 9.31. The van der Waals surface area contributed by atoms with E-state index in [9.17, 15) is 4.79 Å². The Bertz CT molecular complexity index is 859. The summed E-state index contributed by atoms with van der Waals surface area (Å²) in [6.07, 6.45) is 0.869. The number of aldehydes is 1. The summed E-state index contributed by atoms with van der Waals surface area (Å²) in [5, 5.41) is 2.53. The Morgan fingerprint density at radius 1 is 0.794 bits per heavy atom. The lowest BCUT2D eigenvalue weighted by Crippen LogP contribution is -2.67. The average molecular weight is 499 g/mol. The van der Waals surface area contributed by atoms with Crippen molar-refractivity contribution in [3.8, 4) is 0 Å². The molecule has 3 nitrogen and oxygen atoms in total. The molecule has 0 saturated carbocycles. The van der Waals surface area contributed by atoms with E-state index in [2.05, 4.69) is 122 Å². The van der Waals surface area contributed by atoms with E-state index in [0.717, 1.165) is 6.29 Å². The fourth-order valence-corrected chi connectivity index (χ4v) is 10.6. The van der Waals surface area contributed by atoms with Crippen LogP contribution in [0, 0.1) is 11.8 Å².